The Kier molecular flexibility index (Phi) is 5.19. The molecule has 0 amide bonds. The number of methoxy groups -OCH3 is 2. The summed E-state index contributed by atoms with van der Waals surface area (Å²) in [5.74, 6) is -0.779. The molecule has 0 saturated carbocycles. The van der Waals surface area contributed by atoms with E-state index in [0.29, 0.717) is 19.5 Å². The number of piperidine rings is 1. The first-order chi connectivity index (χ1) is 14.1. The first-order valence-electron chi connectivity index (χ1n) is 9.86. The van der Waals surface area contributed by atoms with Gasteiger partial charge in [0.2, 0.25) is 0 Å². The molecule has 2 bridgehead atoms. The van der Waals surface area contributed by atoms with Crippen LogP contribution in [0.3, 0.4) is 0 Å². The number of hydrogen-bond donors (Lipinski definition) is 1. The number of aliphatic hydroxyl groups is 1. The Labute approximate surface area is 169 Å². The van der Waals surface area contributed by atoms with Crippen LogP contribution in [0.1, 0.15) is 36.6 Å². The third-order valence-corrected chi connectivity index (χ3v) is 6.33. The van der Waals surface area contributed by atoms with Crippen LogP contribution in [0.2, 0.25) is 0 Å². The van der Waals surface area contributed by atoms with E-state index in [1.54, 1.807) is 4.57 Å². The lowest BCUT2D eigenvalue weighted by molar-refractivity contribution is -0.144. The van der Waals surface area contributed by atoms with E-state index in [9.17, 15) is 14.7 Å². The molecule has 2 aliphatic rings. The Morgan fingerprint density at radius 2 is 2.00 bits per heavy atom. The average Bonchev–Trinajstić information content (AvgIpc) is 3.09. The minimum atomic E-state index is -0.482. The highest BCUT2D eigenvalue weighted by Gasteiger charge is 2.49. The molecule has 1 aliphatic heterocycles. The molecule has 2 aromatic rings. The van der Waals surface area contributed by atoms with Crippen molar-refractivity contribution in [3.63, 3.8) is 0 Å². The molecule has 1 fully saturated rings. The number of aliphatic hydroxyl groups excluding tert-OH is 1. The number of rotatable bonds is 3. The SMILES string of the molecule is C/C=C1/CN(CCO)[C@@H]2C[C@H]1[C@@H](C(=O)OC)c1c2n(C(=O)OC)c2ccccc12. The van der Waals surface area contributed by atoms with Crippen molar-refractivity contribution in [1.29, 1.82) is 0 Å². The highest BCUT2D eigenvalue weighted by Crippen LogP contribution is 2.53. The van der Waals surface area contributed by atoms with Gasteiger partial charge in [-0.3, -0.25) is 9.69 Å². The molecule has 0 radical (unpaired) electrons. The molecule has 2 heterocycles. The van der Waals surface area contributed by atoms with E-state index in [-0.39, 0.29) is 24.5 Å². The topological polar surface area (TPSA) is 81.0 Å². The fourth-order valence-electron chi connectivity index (χ4n) is 5.14. The van der Waals surface area contributed by atoms with Gasteiger partial charge in [0.15, 0.2) is 0 Å². The van der Waals surface area contributed by atoms with Gasteiger partial charge in [0.25, 0.3) is 0 Å². The second kappa shape index (κ2) is 7.65. The van der Waals surface area contributed by atoms with E-state index in [2.05, 4.69) is 11.0 Å². The Balaban J connectivity index is 2.07. The Hall–Kier alpha value is -2.64. The maximum absolute atomic E-state index is 13.0. The van der Waals surface area contributed by atoms with Gasteiger partial charge in [-0.15, -0.1) is 0 Å². The van der Waals surface area contributed by atoms with Gasteiger partial charge in [-0.05, 0) is 25.0 Å². The number of esters is 1. The molecule has 1 aromatic carbocycles. The largest absolute Gasteiger partial charge is 0.469 e. The summed E-state index contributed by atoms with van der Waals surface area (Å²) in [5, 5.41) is 10.5. The van der Waals surface area contributed by atoms with Crippen LogP contribution in [0.4, 0.5) is 4.79 Å². The molecule has 1 N–H and O–H groups in total. The summed E-state index contributed by atoms with van der Waals surface area (Å²) in [6.45, 7) is 3.13. The number of β-amino-alcohol motifs (C(OH)–C–C–N with tert-alkyl or cyclic N) is 1. The second-order valence-corrected chi connectivity index (χ2v) is 7.54. The first kappa shape index (κ1) is 19.7. The minimum Gasteiger partial charge on any atom is -0.469 e. The fraction of sp³-hybridized carbons (Fsp3) is 0.455. The molecule has 0 spiro atoms. The van der Waals surface area contributed by atoms with Crippen molar-refractivity contribution < 1.29 is 24.2 Å². The fourth-order valence-corrected chi connectivity index (χ4v) is 5.14. The van der Waals surface area contributed by atoms with Gasteiger partial charge >= 0.3 is 12.1 Å². The average molecular weight is 398 g/mol. The molecule has 0 unspecified atom stereocenters. The summed E-state index contributed by atoms with van der Waals surface area (Å²) < 4.78 is 11.9. The number of allylic oxidation sites excluding steroid dienone is 1. The lowest BCUT2D eigenvalue weighted by atomic mass is 9.68. The molecule has 1 saturated heterocycles. The highest BCUT2D eigenvalue weighted by molar-refractivity contribution is 5.98. The van der Waals surface area contributed by atoms with Crippen LogP contribution in [0.25, 0.3) is 10.9 Å². The van der Waals surface area contributed by atoms with Crippen molar-refractivity contribution in [3.8, 4) is 0 Å². The molecule has 7 nitrogen and oxygen atoms in total. The molecule has 1 aliphatic carbocycles. The van der Waals surface area contributed by atoms with Gasteiger partial charge in [0.1, 0.15) is 0 Å². The van der Waals surface area contributed by atoms with Crippen LogP contribution in [-0.2, 0) is 14.3 Å². The summed E-state index contributed by atoms with van der Waals surface area (Å²) in [6, 6.07) is 7.49. The number of ether oxygens (including phenoxy) is 2. The van der Waals surface area contributed by atoms with Crippen LogP contribution >= 0.6 is 0 Å². The second-order valence-electron chi connectivity index (χ2n) is 7.54. The van der Waals surface area contributed by atoms with E-state index < -0.39 is 12.0 Å². The molecule has 29 heavy (non-hydrogen) atoms. The maximum Gasteiger partial charge on any atom is 0.418 e. The van der Waals surface area contributed by atoms with E-state index in [0.717, 1.165) is 27.7 Å². The Bertz CT molecular complexity index is 992. The molecule has 154 valence electrons. The number of nitrogens with zero attached hydrogens (tertiary/aromatic N) is 2. The number of carbonyl (C=O) groups excluding carboxylic acids is 2. The summed E-state index contributed by atoms with van der Waals surface area (Å²) in [5.41, 5.74) is 3.48. The third kappa shape index (κ3) is 2.88. The highest BCUT2D eigenvalue weighted by atomic mass is 16.5. The van der Waals surface area contributed by atoms with Crippen molar-refractivity contribution in [2.45, 2.75) is 25.3 Å². The van der Waals surface area contributed by atoms with Crippen molar-refractivity contribution in [3.05, 3.63) is 47.2 Å². The van der Waals surface area contributed by atoms with E-state index >= 15 is 0 Å². The molecule has 1 aromatic heterocycles. The molecular weight excluding hydrogens is 372 g/mol. The van der Waals surface area contributed by atoms with Crippen LogP contribution in [0, 0.1) is 5.92 Å². The van der Waals surface area contributed by atoms with E-state index in [1.165, 1.54) is 14.2 Å². The zero-order valence-corrected chi connectivity index (χ0v) is 16.9. The van der Waals surface area contributed by atoms with Gasteiger partial charge < -0.3 is 14.6 Å². The van der Waals surface area contributed by atoms with Gasteiger partial charge in [-0.1, -0.05) is 29.8 Å². The normalized spacial score (nSPS) is 25.1. The van der Waals surface area contributed by atoms with E-state index in [1.807, 2.05) is 31.2 Å². The summed E-state index contributed by atoms with van der Waals surface area (Å²) in [6.07, 6.45) is 2.26. The van der Waals surface area contributed by atoms with Gasteiger partial charge in [0.05, 0.1) is 44.0 Å². The minimum absolute atomic E-state index is 0.00297. The summed E-state index contributed by atoms with van der Waals surface area (Å²) >= 11 is 0. The van der Waals surface area contributed by atoms with Crippen molar-refractivity contribution in [2.75, 3.05) is 33.9 Å². The number of hydrogen-bond acceptors (Lipinski definition) is 6. The zero-order chi connectivity index (χ0) is 20.7. The van der Waals surface area contributed by atoms with Crippen LogP contribution in [0.15, 0.2) is 35.9 Å². The third-order valence-electron chi connectivity index (χ3n) is 6.33. The van der Waals surface area contributed by atoms with Gasteiger partial charge in [-0.2, -0.15) is 0 Å². The summed E-state index contributed by atoms with van der Waals surface area (Å²) in [7, 11) is 2.76. The number of aromatic nitrogens is 1. The maximum atomic E-state index is 13.0. The lowest BCUT2D eigenvalue weighted by Gasteiger charge is -2.47. The van der Waals surface area contributed by atoms with Crippen LogP contribution in [-0.4, -0.2) is 60.6 Å². The number of benzene rings is 1. The zero-order valence-electron chi connectivity index (χ0n) is 16.9. The molecule has 4 rings (SSSR count). The van der Waals surface area contributed by atoms with E-state index in [4.69, 9.17) is 9.47 Å². The van der Waals surface area contributed by atoms with Crippen molar-refractivity contribution in [1.82, 2.24) is 9.47 Å². The standard InChI is InChI=1S/C22H26N2O5/c1-4-13-12-23(9-10-25)17-11-15(13)19(21(26)28-2)18-14-7-5-6-8-16(14)24(20(17)18)22(27)29-3/h4-8,15,17,19,25H,9-12H2,1-3H3/b13-4-/t15-,17-,19-/m1/s1. The number of fused-ring (bicyclic) bond motifs is 6. The smallest absolute Gasteiger partial charge is 0.418 e. The van der Waals surface area contributed by atoms with Crippen molar-refractivity contribution >= 4 is 23.0 Å². The van der Waals surface area contributed by atoms with Gasteiger partial charge in [0, 0.05) is 24.4 Å². The van der Waals surface area contributed by atoms with Crippen LogP contribution in [0.5, 0.6) is 0 Å². The monoisotopic (exact) mass is 398 g/mol. The van der Waals surface area contributed by atoms with Crippen molar-refractivity contribution in [2.24, 2.45) is 5.92 Å². The number of likely N-dealkylation sites (tertiary alicyclic amines) is 1. The molecule has 3 atom stereocenters. The van der Waals surface area contributed by atoms with Crippen LogP contribution < -0.4 is 0 Å². The first-order valence-corrected chi connectivity index (χ1v) is 9.86. The predicted molar refractivity (Wildman–Crippen MR) is 108 cm³/mol. The Morgan fingerprint density at radius 3 is 2.66 bits per heavy atom. The summed E-state index contributed by atoms with van der Waals surface area (Å²) in [4.78, 5) is 27.9. The predicted octanol–water partition coefficient (Wildman–Crippen LogP) is 2.83. The number of para-hydroxylation sites is 1. The molecular formula is C22H26N2O5. The van der Waals surface area contributed by atoms with Gasteiger partial charge in [-0.25, -0.2) is 9.36 Å². The lowest BCUT2D eigenvalue weighted by Crippen LogP contribution is -2.47. The Morgan fingerprint density at radius 1 is 1.24 bits per heavy atom. The molecule has 7 heteroatoms. The number of carbonyl (C=O) groups is 2. The quantitative estimate of drug-likeness (QED) is 0.633.